The zero-order valence-electron chi connectivity index (χ0n) is 12.5. The Balaban J connectivity index is 1.32. The summed E-state index contributed by atoms with van der Waals surface area (Å²) in [6.07, 6.45) is 6.07. The predicted octanol–water partition coefficient (Wildman–Crippen LogP) is 3.31. The number of ether oxygens (including phenoxy) is 1. The Hall–Kier alpha value is -2.82. The van der Waals surface area contributed by atoms with Crippen LogP contribution in [-0.2, 0) is 16.1 Å². The highest BCUT2D eigenvalue weighted by Gasteiger charge is 2.47. The monoisotopic (exact) mass is 308 g/mol. The molecular weight excluding hydrogens is 292 g/mol. The molecule has 4 rings (SSSR count). The van der Waals surface area contributed by atoms with Gasteiger partial charge >= 0.3 is 5.97 Å². The van der Waals surface area contributed by atoms with E-state index < -0.39 is 0 Å². The SMILES string of the molecule is O=C(OCc1ccc(-n2cccn2)cc1)C1CC1c1ccco1. The topological polar surface area (TPSA) is 57.3 Å². The quantitative estimate of drug-likeness (QED) is 0.679. The first-order chi connectivity index (χ1) is 11.3. The molecule has 0 N–H and O–H groups in total. The van der Waals surface area contributed by atoms with Gasteiger partial charge < -0.3 is 9.15 Å². The highest BCUT2D eigenvalue weighted by atomic mass is 16.5. The minimum absolute atomic E-state index is 0.0653. The molecule has 2 aromatic heterocycles. The van der Waals surface area contributed by atoms with E-state index in [-0.39, 0.29) is 17.8 Å². The fourth-order valence-electron chi connectivity index (χ4n) is 2.70. The second-order valence-corrected chi connectivity index (χ2v) is 5.69. The lowest BCUT2D eigenvalue weighted by molar-refractivity contribution is -0.146. The molecule has 0 amide bonds. The molecule has 0 spiro atoms. The Morgan fingerprint density at radius 1 is 1.26 bits per heavy atom. The summed E-state index contributed by atoms with van der Waals surface area (Å²) in [6, 6.07) is 13.4. The third kappa shape index (κ3) is 2.90. The van der Waals surface area contributed by atoms with Gasteiger partial charge in [-0.3, -0.25) is 4.79 Å². The Kier molecular flexibility index (Phi) is 3.46. The lowest BCUT2D eigenvalue weighted by Gasteiger charge is -2.06. The van der Waals surface area contributed by atoms with Crippen LogP contribution < -0.4 is 0 Å². The minimum Gasteiger partial charge on any atom is -0.469 e. The summed E-state index contributed by atoms with van der Waals surface area (Å²) in [5, 5.41) is 4.18. The lowest BCUT2D eigenvalue weighted by atomic mass is 10.2. The number of nitrogens with zero attached hydrogens (tertiary/aromatic N) is 2. The minimum atomic E-state index is -0.150. The molecule has 1 aliphatic carbocycles. The fraction of sp³-hybridized carbons (Fsp3) is 0.222. The second-order valence-electron chi connectivity index (χ2n) is 5.69. The molecule has 0 bridgehead atoms. The average molecular weight is 308 g/mol. The first kappa shape index (κ1) is 13.8. The fourth-order valence-corrected chi connectivity index (χ4v) is 2.70. The van der Waals surface area contributed by atoms with E-state index in [4.69, 9.17) is 9.15 Å². The first-order valence-corrected chi connectivity index (χ1v) is 7.60. The van der Waals surface area contributed by atoms with Gasteiger partial charge in [0, 0.05) is 18.3 Å². The molecule has 5 nitrogen and oxygen atoms in total. The highest BCUT2D eigenvalue weighted by Crippen LogP contribution is 2.48. The van der Waals surface area contributed by atoms with Gasteiger partial charge in [0.05, 0.1) is 17.9 Å². The Bertz CT molecular complexity index is 776. The van der Waals surface area contributed by atoms with Crippen LogP contribution in [0.4, 0.5) is 0 Å². The first-order valence-electron chi connectivity index (χ1n) is 7.60. The van der Waals surface area contributed by atoms with Crippen molar-refractivity contribution in [1.82, 2.24) is 9.78 Å². The van der Waals surface area contributed by atoms with Crippen LogP contribution in [0.25, 0.3) is 5.69 Å². The Morgan fingerprint density at radius 3 is 2.83 bits per heavy atom. The number of hydrogen-bond donors (Lipinski definition) is 0. The molecule has 2 atom stereocenters. The van der Waals surface area contributed by atoms with E-state index in [1.807, 2.05) is 48.7 Å². The zero-order valence-corrected chi connectivity index (χ0v) is 12.5. The molecular formula is C18H16N2O3. The van der Waals surface area contributed by atoms with Crippen molar-refractivity contribution in [2.75, 3.05) is 0 Å². The van der Waals surface area contributed by atoms with E-state index in [0.717, 1.165) is 23.4 Å². The van der Waals surface area contributed by atoms with Crippen molar-refractivity contribution in [1.29, 1.82) is 0 Å². The molecule has 0 aliphatic heterocycles. The molecule has 1 fully saturated rings. The molecule has 2 heterocycles. The summed E-state index contributed by atoms with van der Waals surface area (Å²) in [5.41, 5.74) is 1.94. The molecule has 0 radical (unpaired) electrons. The Morgan fingerprint density at radius 2 is 2.13 bits per heavy atom. The van der Waals surface area contributed by atoms with Gasteiger partial charge in [-0.15, -0.1) is 0 Å². The summed E-state index contributed by atoms with van der Waals surface area (Å²) in [5.74, 6) is 0.835. The molecule has 1 aromatic carbocycles. The predicted molar refractivity (Wildman–Crippen MR) is 82.9 cm³/mol. The maximum atomic E-state index is 12.1. The maximum absolute atomic E-state index is 12.1. The molecule has 1 aliphatic rings. The van der Waals surface area contributed by atoms with Crippen LogP contribution in [0.15, 0.2) is 65.5 Å². The van der Waals surface area contributed by atoms with E-state index in [9.17, 15) is 4.79 Å². The number of rotatable bonds is 5. The van der Waals surface area contributed by atoms with Gasteiger partial charge in [0.1, 0.15) is 12.4 Å². The summed E-state index contributed by atoms with van der Waals surface area (Å²) >= 11 is 0. The van der Waals surface area contributed by atoms with Gasteiger partial charge in [-0.05, 0) is 42.3 Å². The zero-order chi connectivity index (χ0) is 15.6. The number of hydrogen-bond acceptors (Lipinski definition) is 4. The summed E-state index contributed by atoms with van der Waals surface area (Å²) in [7, 11) is 0. The van der Waals surface area contributed by atoms with Crippen LogP contribution in [-0.4, -0.2) is 15.7 Å². The van der Waals surface area contributed by atoms with E-state index in [1.165, 1.54) is 0 Å². The number of aromatic nitrogens is 2. The third-order valence-corrected chi connectivity index (χ3v) is 4.09. The normalized spacial score (nSPS) is 19.5. The van der Waals surface area contributed by atoms with Gasteiger partial charge in [0.25, 0.3) is 0 Å². The average Bonchev–Trinajstić information content (AvgIpc) is 3.01. The van der Waals surface area contributed by atoms with Gasteiger partial charge in [-0.2, -0.15) is 5.10 Å². The summed E-state index contributed by atoms with van der Waals surface area (Å²) < 4.78 is 12.5. The third-order valence-electron chi connectivity index (χ3n) is 4.09. The summed E-state index contributed by atoms with van der Waals surface area (Å²) in [6.45, 7) is 0.291. The van der Waals surface area contributed by atoms with E-state index in [1.54, 1.807) is 17.1 Å². The van der Waals surface area contributed by atoms with Crippen LogP contribution in [0.3, 0.4) is 0 Å². The largest absolute Gasteiger partial charge is 0.469 e. The second kappa shape index (κ2) is 5.76. The van der Waals surface area contributed by atoms with E-state index in [2.05, 4.69) is 5.10 Å². The maximum Gasteiger partial charge on any atom is 0.310 e. The van der Waals surface area contributed by atoms with Gasteiger partial charge in [-0.1, -0.05) is 12.1 Å². The number of carbonyl (C=O) groups excluding carboxylic acids is 1. The van der Waals surface area contributed by atoms with Crippen LogP contribution >= 0.6 is 0 Å². The van der Waals surface area contributed by atoms with Crippen molar-refractivity contribution in [3.05, 3.63) is 72.4 Å². The van der Waals surface area contributed by atoms with Crippen molar-refractivity contribution >= 4 is 5.97 Å². The molecule has 5 heteroatoms. The standard InChI is InChI=1S/C18H16N2O3/c21-18(16-11-15(16)17-3-1-10-22-17)23-12-13-4-6-14(7-5-13)20-9-2-8-19-20/h1-10,15-16H,11-12H2. The van der Waals surface area contributed by atoms with Crippen molar-refractivity contribution in [3.8, 4) is 5.69 Å². The molecule has 1 saturated carbocycles. The smallest absolute Gasteiger partial charge is 0.310 e. The van der Waals surface area contributed by atoms with Crippen molar-refractivity contribution < 1.29 is 13.9 Å². The van der Waals surface area contributed by atoms with Crippen molar-refractivity contribution in [2.24, 2.45) is 5.92 Å². The summed E-state index contributed by atoms with van der Waals surface area (Å²) in [4.78, 5) is 12.1. The lowest BCUT2D eigenvalue weighted by Crippen LogP contribution is -2.08. The number of carbonyl (C=O) groups is 1. The molecule has 23 heavy (non-hydrogen) atoms. The van der Waals surface area contributed by atoms with Crippen molar-refractivity contribution in [2.45, 2.75) is 18.9 Å². The number of esters is 1. The van der Waals surface area contributed by atoms with Gasteiger partial charge in [0.2, 0.25) is 0 Å². The highest BCUT2D eigenvalue weighted by molar-refractivity contribution is 5.77. The number of furan rings is 1. The van der Waals surface area contributed by atoms with Gasteiger partial charge in [0.15, 0.2) is 0 Å². The molecule has 116 valence electrons. The Labute approximate surface area is 133 Å². The number of benzene rings is 1. The van der Waals surface area contributed by atoms with Gasteiger partial charge in [-0.25, -0.2) is 4.68 Å². The van der Waals surface area contributed by atoms with Crippen LogP contribution in [0, 0.1) is 5.92 Å². The van der Waals surface area contributed by atoms with Crippen LogP contribution in [0.5, 0.6) is 0 Å². The molecule has 2 unspecified atom stereocenters. The van der Waals surface area contributed by atoms with Crippen molar-refractivity contribution in [3.63, 3.8) is 0 Å². The van der Waals surface area contributed by atoms with E-state index in [0.29, 0.717) is 6.61 Å². The van der Waals surface area contributed by atoms with Crippen LogP contribution in [0.2, 0.25) is 0 Å². The van der Waals surface area contributed by atoms with E-state index >= 15 is 0 Å². The molecule has 3 aromatic rings. The van der Waals surface area contributed by atoms with Crippen LogP contribution in [0.1, 0.15) is 23.7 Å². The molecule has 0 saturated heterocycles.